The molecule has 0 saturated carbocycles. The van der Waals surface area contributed by atoms with Gasteiger partial charge < -0.3 is 20.6 Å². The van der Waals surface area contributed by atoms with Crippen molar-refractivity contribution in [1.82, 2.24) is 4.90 Å². The van der Waals surface area contributed by atoms with Crippen molar-refractivity contribution in [2.45, 2.75) is 13.8 Å². The van der Waals surface area contributed by atoms with Gasteiger partial charge in [0, 0.05) is 30.8 Å². The SMILES string of the molecule is CCOCCN(CC)C(=O)c1ccc(C(N)=NO)cc1. The van der Waals surface area contributed by atoms with Crippen LogP contribution < -0.4 is 5.73 Å². The van der Waals surface area contributed by atoms with Gasteiger partial charge in [-0.15, -0.1) is 0 Å². The Morgan fingerprint density at radius 1 is 1.30 bits per heavy atom. The number of amides is 1. The Hall–Kier alpha value is -2.08. The predicted molar refractivity (Wildman–Crippen MR) is 77.0 cm³/mol. The molecule has 0 radical (unpaired) electrons. The summed E-state index contributed by atoms with van der Waals surface area (Å²) in [6.07, 6.45) is 0. The summed E-state index contributed by atoms with van der Waals surface area (Å²) in [5.74, 6) is -0.0362. The van der Waals surface area contributed by atoms with Gasteiger partial charge in [-0.1, -0.05) is 17.3 Å². The standard InChI is InChI=1S/C14H21N3O3/c1-3-17(9-10-20-4-2)14(18)12-7-5-11(6-8-12)13(15)16-19/h5-8,19H,3-4,9-10H2,1-2H3,(H2,15,16). The van der Waals surface area contributed by atoms with E-state index in [0.29, 0.717) is 37.4 Å². The van der Waals surface area contributed by atoms with Crippen LogP contribution >= 0.6 is 0 Å². The van der Waals surface area contributed by atoms with Crippen molar-refractivity contribution < 1.29 is 14.7 Å². The van der Waals surface area contributed by atoms with Gasteiger partial charge in [-0.3, -0.25) is 4.79 Å². The number of carbonyl (C=O) groups is 1. The van der Waals surface area contributed by atoms with E-state index in [2.05, 4.69) is 5.16 Å². The highest BCUT2D eigenvalue weighted by atomic mass is 16.5. The topological polar surface area (TPSA) is 88.2 Å². The number of nitrogens with two attached hydrogens (primary N) is 1. The number of hydrogen-bond acceptors (Lipinski definition) is 4. The largest absolute Gasteiger partial charge is 0.409 e. The molecular weight excluding hydrogens is 258 g/mol. The van der Waals surface area contributed by atoms with E-state index < -0.39 is 0 Å². The molecule has 1 aromatic carbocycles. The van der Waals surface area contributed by atoms with Gasteiger partial charge in [0.25, 0.3) is 5.91 Å². The lowest BCUT2D eigenvalue weighted by molar-refractivity contribution is 0.0669. The van der Waals surface area contributed by atoms with Crippen molar-refractivity contribution in [3.05, 3.63) is 35.4 Å². The zero-order chi connectivity index (χ0) is 15.0. The van der Waals surface area contributed by atoms with E-state index in [1.54, 1.807) is 29.2 Å². The van der Waals surface area contributed by atoms with Crippen LogP contribution in [0.3, 0.4) is 0 Å². The number of ether oxygens (including phenoxy) is 1. The van der Waals surface area contributed by atoms with Gasteiger partial charge in [-0.25, -0.2) is 0 Å². The van der Waals surface area contributed by atoms with Crippen LogP contribution in [0.1, 0.15) is 29.8 Å². The Bertz CT molecular complexity index is 457. The van der Waals surface area contributed by atoms with Gasteiger partial charge in [0.2, 0.25) is 0 Å². The quantitative estimate of drug-likeness (QED) is 0.259. The van der Waals surface area contributed by atoms with Crippen LogP contribution in [-0.2, 0) is 4.74 Å². The highest BCUT2D eigenvalue weighted by Crippen LogP contribution is 2.08. The van der Waals surface area contributed by atoms with E-state index in [4.69, 9.17) is 15.7 Å². The van der Waals surface area contributed by atoms with Crippen LogP contribution in [0.25, 0.3) is 0 Å². The fraction of sp³-hybridized carbons (Fsp3) is 0.429. The first-order chi connectivity index (χ1) is 9.63. The molecule has 0 aliphatic heterocycles. The summed E-state index contributed by atoms with van der Waals surface area (Å²) in [6.45, 7) is 6.19. The second-order valence-corrected chi connectivity index (χ2v) is 4.14. The lowest BCUT2D eigenvalue weighted by Crippen LogP contribution is -2.33. The molecule has 0 aliphatic carbocycles. The van der Waals surface area contributed by atoms with Gasteiger partial charge in [0.1, 0.15) is 0 Å². The van der Waals surface area contributed by atoms with Crippen LogP contribution in [0, 0.1) is 0 Å². The van der Waals surface area contributed by atoms with Crippen molar-refractivity contribution in [3.63, 3.8) is 0 Å². The molecule has 0 heterocycles. The van der Waals surface area contributed by atoms with Crippen LogP contribution in [0.5, 0.6) is 0 Å². The molecule has 20 heavy (non-hydrogen) atoms. The number of likely N-dealkylation sites (N-methyl/N-ethyl adjacent to an activating group) is 1. The molecule has 0 saturated heterocycles. The summed E-state index contributed by atoms with van der Waals surface area (Å²) in [6, 6.07) is 6.63. The molecule has 0 aromatic heterocycles. The number of nitrogens with zero attached hydrogens (tertiary/aromatic N) is 2. The van der Waals surface area contributed by atoms with Crippen LogP contribution in [0.4, 0.5) is 0 Å². The smallest absolute Gasteiger partial charge is 0.253 e. The van der Waals surface area contributed by atoms with Crippen molar-refractivity contribution >= 4 is 11.7 Å². The summed E-state index contributed by atoms with van der Waals surface area (Å²) < 4.78 is 5.26. The number of oxime groups is 1. The zero-order valence-corrected chi connectivity index (χ0v) is 11.9. The van der Waals surface area contributed by atoms with Crippen molar-refractivity contribution in [3.8, 4) is 0 Å². The molecule has 1 amide bonds. The Balaban J connectivity index is 2.74. The van der Waals surface area contributed by atoms with Gasteiger partial charge in [-0.05, 0) is 26.0 Å². The molecule has 0 fully saturated rings. The van der Waals surface area contributed by atoms with Gasteiger partial charge in [0.05, 0.1) is 6.61 Å². The van der Waals surface area contributed by atoms with E-state index in [0.717, 1.165) is 0 Å². The fourth-order valence-corrected chi connectivity index (χ4v) is 1.75. The average molecular weight is 279 g/mol. The monoisotopic (exact) mass is 279 g/mol. The van der Waals surface area contributed by atoms with E-state index in [1.165, 1.54) is 0 Å². The maximum absolute atomic E-state index is 12.3. The zero-order valence-electron chi connectivity index (χ0n) is 11.9. The summed E-state index contributed by atoms with van der Waals surface area (Å²) in [7, 11) is 0. The van der Waals surface area contributed by atoms with Crippen molar-refractivity contribution in [2.75, 3.05) is 26.3 Å². The number of hydrogen-bond donors (Lipinski definition) is 2. The Morgan fingerprint density at radius 3 is 2.40 bits per heavy atom. The fourth-order valence-electron chi connectivity index (χ4n) is 1.75. The lowest BCUT2D eigenvalue weighted by atomic mass is 10.1. The van der Waals surface area contributed by atoms with Gasteiger partial charge in [0.15, 0.2) is 5.84 Å². The van der Waals surface area contributed by atoms with Gasteiger partial charge in [-0.2, -0.15) is 0 Å². The molecule has 1 rings (SSSR count). The lowest BCUT2D eigenvalue weighted by Gasteiger charge is -2.20. The third kappa shape index (κ3) is 4.24. The van der Waals surface area contributed by atoms with Crippen LogP contribution in [0.15, 0.2) is 29.4 Å². The molecule has 110 valence electrons. The normalized spacial score (nSPS) is 11.4. The highest BCUT2D eigenvalue weighted by Gasteiger charge is 2.14. The number of amidine groups is 1. The maximum Gasteiger partial charge on any atom is 0.253 e. The summed E-state index contributed by atoms with van der Waals surface area (Å²) in [5.41, 5.74) is 6.61. The molecule has 6 nitrogen and oxygen atoms in total. The van der Waals surface area contributed by atoms with E-state index in [-0.39, 0.29) is 11.7 Å². The van der Waals surface area contributed by atoms with Crippen molar-refractivity contribution in [2.24, 2.45) is 10.9 Å². The third-order valence-corrected chi connectivity index (χ3v) is 2.91. The van der Waals surface area contributed by atoms with Crippen LogP contribution in [0.2, 0.25) is 0 Å². The minimum atomic E-state index is -0.0572. The Labute approximate surface area is 118 Å². The number of benzene rings is 1. The first kappa shape index (κ1) is 16.0. The second-order valence-electron chi connectivity index (χ2n) is 4.14. The van der Waals surface area contributed by atoms with Crippen molar-refractivity contribution in [1.29, 1.82) is 0 Å². The molecule has 0 atom stereocenters. The molecule has 6 heteroatoms. The minimum absolute atomic E-state index is 0.0210. The Kier molecular flexibility index (Phi) is 6.52. The summed E-state index contributed by atoms with van der Waals surface area (Å²) >= 11 is 0. The molecule has 0 aliphatic rings. The first-order valence-corrected chi connectivity index (χ1v) is 6.59. The highest BCUT2D eigenvalue weighted by molar-refractivity contribution is 5.99. The number of carbonyl (C=O) groups excluding carboxylic acids is 1. The average Bonchev–Trinajstić information content (AvgIpc) is 2.50. The molecule has 1 aromatic rings. The Morgan fingerprint density at radius 2 is 1.90 bits per heavy atom. The molecule has 0 bridgehead atoms. The van der Waals surface area contributed by atoms with E-state index in [1.807, 2.05) is 13.8 Å². The molecular formula is C14H21N3O3. The third-order valence-electron chi connectivity index (χ3n) is 2.91. The summed E-state index contributed by atoms with van der Waals surface area (Å²) in [4.78, 5) is 14.0. The van der Waals surface area contributed by atoms with E-state index >= 15 is 0 Å². The first-order valence-electron chi connectivity index (χ1n) is 6.59. The maximum atomic E-state index is 12.3. The van der Waals surface area contributed by atoms with Gasteiger partial charge >= 0.3 is 0 Å². The predicted octanol–water partition coefficient (Wildman–Crippen LogP) is 1.28. The molecule has 0 spiro atoms. The molecule has 0 unspecified atom stereocenters. The number of rotatable bonds is 7. The van der Waals surface area contributed by atoms with Crippen LogP contribution in [-0.4, -0.2) is 48.2 Å². The minimum Gasteiger partial charge on any atom is -0.409 e. The second kappa shape index (κ2) is 8.16. The molecule has 3 N–H and O–H groups in total. The summed E-state index contributed by atoms with van der Waals surface area (Å²) in [5, 5.41) is 11.5. The van der Waals surface area contributed by atoms with E-state index in [9.17, 15) is 4.79 Å².